The molecule has 0 spiro atoms. The van der Waals surface area contributed by atoms with E-state index >= 15 is 0 Å². The highest BCUT2D eigenvalue weighted by Gasteiger charge is 2.06. The van der Waals surface area contributed by atoms with Crippen molar-refractivity contribution in [1.82, 2.24) is 0 Å². The van der Waals surface area contributed by atoms with Crippen molar-refractivity contribution < 1.29 is 0 Å². The molecule has 0 N–H and O–H groups in total. The standard InChI is InChI=1S/C16H11NS3/c1-11-4-6-15(19-11)16-7-5-13(20-16)9-12(10-17)14-3-2-8-18-14/h2-9H,1H3/b12-9+. The first-order valence-electron chi connectivity index (χ1n) is 6.08. The zero-order chi connectivity index (χ0) is 13.9. The van der Waals surface area contributed by atoms with E-state index in [0.29, 0.717) is 0 Å². The van der Waals surface area contributed by atoms with Crippen LogP contribution in [-0.4, -0.2) is 0 Å². The van der Waals surface area contributed by atoms with Crippen LogP contribution in [-0.2, 0) is 0 Å². The Labute approximate surface area is 130 Å². The van der Waals surface area contributed by atoms with Crippen LogP contribution in [0.3, 0.4) is 0 Å². The van der Waals surface area contributed by atoms with E-state index in [-0.39, 0.29) is 0 Å². The van der Waals surface area contributed by atoms with Crippen LogP contribution in [0.1, 0.15) is 14.6 Å². The average molecular weight is 313 g/mol. The summed E-state index contributed by atoms with van der Waals surface area (Å²) in [7, 11) is 0. The number of rotatable bonds is 3. The van der Waals surface area contributed by atoms with E-state index in [1.54, 1.807) is 34.0 Å². The molecule has 0 saturated heterocycles. The zero-order valence-electron chi connectivity index (χ0n) is 10.8. The molecule has 1 nitrogen and oxygen atoms in total. The third-order valence-corrected chi connectivity index (χ3v) is 5.94. The molecule has 0 aliphatic heterocycles. The molecule has 0 bridgehead atoms. The number of thiophene rings is 3. The molecule has 0 radical (unpaired) electrons. The van der Waals surface area contributed by atoms with Gasteiger partial charge in [0.2, 0.25) is 0 Å². The van der Waals surface area contributed by atoms with Crippen molar-refractivity contribution in [3.63, 3.8) is 0 Å². The molecule has 0 fully saturated rings. The van der Waals surface area contributed by atoms with Crippen LogP contribution in [0.15, 0.2) is 41.8 Å². The van der Waals surface area contributed by atoms with Crippen molar-refractivity contribution in [2.24, 2.45) is 0 Å². The molecule has 3 aromatic rings. The highest BCUT2D eigenvalue weighted by atomic mass is 32.1. The minimum Gasteiger partial charge on any atom is -0.192 e. The third-order valence-electron chi connectivity index (χ3n) is 2.80. The molecule has 20 heavy (non-hydrogen) atoms. The predicted octanol–water partition coefficient (Wildman–Crippen LogP) is 5.91. The van der Waals surface area contributed by atoms with Crippen LogP contribution < -0.4 is 0 Å². The molecule has 0 amide bonds. The van der Waals surface area contributed by atoms with Gasteiger partial charge in [-0.3, -0.25) is 0 Å². The lowest BCUT2D eigenvalue weighted by molar-refractivity contribution is 1.54. The highest BCUT2D eigenvalue weighted by Crippen LogP contribution is 2.35. The smallest absolute Gasteiger partial charge is 0.101 e. The second-order valence-corrected chi connectivity index (χ2v) is 7.61. The second-order valence-electron chi connectivity index (χ2n) is 4.26. The maximum atomic E-state index is 9.28. The first kappa shape index (κ1) is 13.3. The normalized spacial score (nSPS) is 11.5. The summed E-state index contributed by atoms with van der Waals surface area (Å²) in [6.07, 6.45) is 1.97. The first-order chi connectivity index (χ1) is 9.76. The molecule has 3 rings (SSSR count). The van der Waals surface area contributed by atoms with E-state index in [1.165, 1.54) is 14.6 Å². The SMILES string of the molecule is Cc1ccc(-c2ccc(/C=C(\C#N)c3cccs3)s2)s1. The van der Waals surface area contributed by atoms with Crippen molar-refractivity contribution in [1.29, 1.82) is 5.26 Å². The Morgan fingerprint density at radius 1 is 1.10 bits per heavy atom. The van der Waals surface area contributed by atoms with Crippen molar-refractivity contribution >= 4 is 45.7 Å². The fourth-order valence-corrected chi connectivity index (χ4v) is 4.46. The van der Waals surface area contributed by atoms with Crippen molar-refractivity contribution in [3.05, 3.63) is 56.4 Å². The molecule has 0 saturated carbocycles. The Bertz CT molecular complexity index is 782. The summed E-state index contributed by atoms with van der Waals surface area (Å²) in [6, 6.07) is 14.8. The van der Waals surface area contributed by atoms with Gasteiger partial charge in [-0.05, 0) is 48.7 Å². The number of nitriles is 1. The number of hydrogen-bond donors (Lipinski definition) is 0. The van der Waals surface area contributed by atoms with Gasteiger partial charge in [-0.15, -0.1) is 34.0 Å². The molecule has 0 aromatic carbocycles. The van der Waals surface area contributed by atoms with Gasteiger partial charge >= 0.3 is 0 Å². The Kier molecular flexibility index (Phi) is 3.83. The van der Waals surface area contributed by atoms with E-state index < -0.39 is 0 Å². The monoisotopic (exact) mass is 313 g/mol. The molecule has 3 heterocycles. The van der Waals surface area contributed by atoms with Crippen molar-refractivity contribution in [2.45, 2.75) is 6.92 Å². The van der Waals surface area contributed by atoms with Crippen LogP contribution in [0, 0.1) is 18.3 Å². The van der Waals surface area contributed by atoms with E-state index in [2.05, 4.69) is 37.3 Å². The summed E-state index contributed by atoms with van der Waals surface area (Å²) in [5.41, 5.74) is 0.732. The molecule has 0 atom stereocenters. The fraction of sp³-hybridized carbons (Fsp3) is 0.0625. The van der Waals surface area contributed by atoms with Crippen LogP contribution in [0.25, 0.3) is 21.4 Å². The number of allylic oxidation sites excluding steroid dienone is 1. The van der Waals surface area contributed by atoms with Gasteiger partial charge < -0.3 is 0 Å². The van der Waals surface area contributed by atoms with Crippen molar-refractivity contribution in [2.75, 3.05) is 0 Å². The fourth-order valence-electron chi connectivity index (χ4n) is 1.86. The second kappa shape index (κ2) is 5.76. The lowest BCUT2D eigenvalue weighted by Gasteiger charge is -1.92. The predicted molar refractivity (Wildman–Crippen MR) is 90.2 cm³/mol. The van der Waals surface area contributed by atoms with Crippen LogP contribution in [0.2, 0.25) is 0 Å². The highest BCUT2D eigenvalue weighted by molar-refractivity contribution is 7.22. The first-order valence-corrected chi connectivity index (χ1v) is 8.60. The summed E-state index contributed by atoms with van der Waals surface area (Å²) in [4.78, 5) is 6.02. The van der Waals surface area contributed by atoms with E-state index in [1.807, 2.05) is 23.6 Å². The number of aryl methyl sites for hydroxylation is 1. The van der Waals surface area contributed by atoms with Gasteiger partial charge in [-0.1, -0.05) is 6.07 Å². The van der Waals surface area contributed by atoms with Crippen LogP contribution >= 0.6 is 34.0 Å². The topological polar surface area (TPSA) is 23.8 Å². The minimum atomic E-state index is 0.732. The molecular formula is C16H11NS3. The maximum Gasteiger partial charge on any atom is 0.101 e. The third kappa shape index (κ3) is 2.75. The maximum absolute atomic E-state index is 9.28. The minimum absolute atomic E-state index is 0.732. The summed E-state index contributed by atoms with van der Waals surface area (Å²) in [5.74, 6) is 0. The summed E-state index contributed by atoms with van der Waals surface area (Å²) in [6.45, 7) is 2.12. The van der Waals surface area contributed by atoms with Gasteiger partial charge in [0.15, 0.2) is 0 Å². The Morgan fingerprint density at radius 2 is 1.90 bits per heavy atom. The van der Waals surface area contributed by atoms with Gasteiger partial charge in [0.25, 0.3) is 0 Å². The van der Waals surface area contributed by atoms with E-state index in [4.69, 9.17) is 0 Å². The molecule has 98 valence electrons. The van der Waals surface area contributed by atoms with Gasteiger partial charge in [-0.25, -0.2) is 0 Å². The largest absolute Gasteiger partial charge is 0.192 e. The molecule has 0 aliphatic carbocycles. The van der Waals surface area contributed by atoms with Crippen LogP contribution in [0.5, 0.6) is 0 Å². The molecule has 0 unspecified atom stereocenters. The number of nitrogens with zero attached hydrogens (tertiary/aromatic N) is 1. The lowest BCUT2D eigenvalue weighted by Crippen LogP contribution is -1.72. The van der Waals surface area contributed by atoms with Gasteiger partial charge in [0.1, 0.15) is 6.07 Å². The summed E-state index contributed by atoms with van der Waals surface area (Å²) < 4.78 is 0. The van der Waals surface area contributed by atoms with Crippen molar-refractivity contribution in [3.8, 4) is 15.8 Å². The summed E-state index contributed by atoms with van der Waals surface area (Å²) >= 11 is 5.13. The Balaban J connectivity index is 1.93. The van der Waals surface area contributed by atoms with Gasteiger partial charge in [0, 0.05) is 24.4 Å². The lowest BCUT2D eigenvalue weighted by atomic mass is 10.2. The van der Waals surface area contributed by atoms with E-state index in [9.17, 15) is 5.26 Å². The van der Waals surface area contributed by atoms with E-state index in [0.717, 1.165) is 15.3 Å². The van der Waals surface area contributed by atoms with Gasteiger partial charge in [-0.2, -0.15) is 5.26 Å². The zero-order valence-corrected chi connectivity index (χ0v) is 13.2. The average Bonchev–Trinajstić information content (AvgIpc) is 3.16. The number of hydrogen-bond acceptors (Lipinski definition) is 4. The Hall–Kier alpha value is -1.67. The molecule has 3 aromatic heterocycles. The quantitative estimate of drug-likeness (QED) is 0.551. The molecular weight excluding hydrogens is 302 g/mol. The van der Waals surface area contributed by atoms with Crippen LogP contribution in [0.4, 0.5) is 0 Å². The molecule has 4 heteroatoms. The van der Waals surface area contributed by atoms with Gasteiger partial charge in [0.05, 0.1) is 5.57 Å². The molecule has 0 aliphatic rings. The summed E-state index contributed by atoms with van der Waals surface area (Å²) in [5, 5.41) is 11.3. The Morgan fingerprint density at radius 3 is 2.55 bits per heavy atom.